The number of nitrogens with zero attached hydrogens (tertiary/aromatic N) is 3. The molecule has 0 bridgehead atoms. The highest BCUT2D eigenvalue weighted by molar-refractivity contribution is 6.01. The van der Waals surface area contributed by atoms with Crippen molar-refractivity contribution in [2.24, 2.45) is 5.92 Å². The van der Waals surface area contributed by atoms with Crippen LogP contribution >= 0.6 is 0 Å². The highest BCUT2D eigenvalue weighted by atomic mass is 16.5. The summed E-state index contributed by atoms with van der Waals surface area (Å²) in [4.78, 5) is 33.7. The van der Waals surface area contributed by atoms with Crippen molar-refractivity contribution in [3.8, 4) is 22.6 Å². The molecule has 0 radical (unpaired) electrons. The molecule has 2 saturated heterocycles. The van der Waals surface area contributed by atoms with E-state index in [0.29, 0.717) is 32.1 Å². The zero-order chi connectivity index (χ0) is 35.2. The number of carbonyl (C=O) groups excluding carboxylic acids is 2. The molecular weight excluding hydrogens is 644 g/mol. The number of likely N-dealkylation sites (tertiary alicyclic amines) is 1. The zero-order valence-corrected chi connectivity index (χ0v) is 29.8. The van der Waals surface area contributed by atoms with Crippen molar-refractivity contribution in [1.29, 1.82) is 0 Å². The summed E-state index contributed by atoms with van der Waals surface area (Å²) >= 11 is 0. The van der Waals surface area contributed by atoms with Crippen LogP contribution in [0.1, 0.15) is 56.4 Å². The van der Waals surface area contributed by atoms with E-state index in [1.807, 2.05) is 35.2 Å². The second-order valence-electron chi connectivity index (χ2n) is 14.4. The first-order valence-electron chi connectivity index (χ1n) is 18.8. The number of rotatable bonds is 14. The Labute approximate surface area is 301 Å². The van der Waals surface area contributed by atoms with Crippen molar-refractivity contribution < 1.29 is 28.9 Å². The van der Waals surface area contributed by atoms with Gasteiger partial charge in [-0.3, -0.25) is 9.59 Å². The van der Waals surface area contributed by atoms with E-state index in [1.54, 1.807) is 12.0 Å². The van der Waals surface area contributed by atoms with Crippen LogP contribution in [0.3, 0.4) is 0 Å². The van der Waals surface area contributed by atoms with Gasteiger partial charge in [-0.05, 0) is 104 Å². The average Bonchev–Trinajstić information content (AvgIpc) is 4.01. The molecular formula is C41H52N4O6. The third-order valence-corrected chi connectivity index (χ3v) is 10.8. The fourth-order valence-electron chi connectivity index (χ4n) is 7.81. The van der Waals surface area contributed by atoms with Gasteiger partial charge in [0.1, 0.15) is 11.5 Å². The summed E-state index contributed by atoms with van der Waals surface area (Å²) in [7, 11) is 1.66. The molecule has 2 N–H and O–H groups in total. The zero-order valence-electron chi connectivity index (χ0n) is 29.8. The minimum absolute atomic E-state index is 0.0174. The average molecular weight is 697 g/mol. The fraction of sp³-hybridized carbons (Fsp3) is 0.512. The standard InChI is InChI=1S/C41H52N4O6/c1-49-23-4-20-44-38-26-33(11-14-39(38)51-28-40(44)47)45(32-9-10-32)41(48)37-27-42-18-15-36(37)31-6-2-5-30(25-31)29-7-12-35(13-8-29)50-24-3-19-43-21-16-34(46)17-22-43/h2,5-8,11-14,25-26,32,34,36-37,42,46H,3-4,9-10,15-24,27-28H2,1H3/t36-,37+/m1/s1. The van der Waals surface area contributed by atoms with Crippen molar-refractivity contribution in [1.82, 2.24) is 10.2 Å². The summed E-state index contributed by atoms with van der Waals surface area (Å²) in [5, 5.41) is 13.2. The fourth-order valence-corrected chi connectivity index (χ4v) is 7.81. The molecule has 3 heterocycles. The van der Waals surface area contributed by atoms with Crippen LogP contribution in [0.2, 0.25) is 0 Å². The molecule has 10 nitrogen and oxygen atoms in total. The second-order valence-corrected chi connectivity index (χ2v) is 14.4. The summed E-state index contributed by atoms with van der Waals surface area (Å²) in [6.45, 7) is 6.19. The van der Waals surface area contributed by atoms with Gasteiger partial charge in [0.05, 0.1) is 24.3 Å². The number of nitrogens with one attached hydrogen (secondary N) is 1. The smallest absolute Gasteiger partial charge is 0.265 e. The Morgan fingerprint density at radius 3 is 2.53 bits per heavy atom. The van der Waals surface area contributed by atoms with Gasteiger partial charge in [0.15, 0.2) is 6.61 Å². The van der Waals surface area contributed by atoms with Gasteiger partial charge in [0.25, 0.3) is 5.91 Å². The molecule has 10 heteroatoms. The Morgan fingerprint density at radius 2 is 1.75 bits per heavy atom. The summed E-state index contributed by atoms with van der Waals surface area (Å²) in [6.07, 6.45) is 6.08. The van der Waals surface area contributed by atoms with E-state index >= 15 is 0 Å². The van der Waals surface area contributed by atoms with E-state index in [9.17, 15) is 14.7 Å². The molecule has 0 unspecified atom stereocenters. The van der Waals surface area contributed by atoms with Crippen LogP contribution in [0.25, 0.3) is 11.1 Å². The van der Waals surface area contributed by atoms with Gasteiger partial charge in [0, 0.05) is 58.2 Å². The Bertz CT molecular complexity index is 1640. The van der Waals surface area contributed by atoms with E-state index in [4.69, 9.17) is 14.2 Å². The van der Waals surface area contributed by atoms with Gasteiger partial charge in [0.2, 0.25) is 5.91 Å². The molecule has 3 aromatic carbocycles. The molecule has 0 spiro atoms. The third-order valence-electron chi connectivity index (χ3n) is 10.8. The van der Waals surface area contributed by atoms with Crippen molar-refractivity contribution in [3.05, 3.63) is 72.3 Å². The van der Waals surface area contributed by atoms with E-state index < -0.39 is 0 Å². The lowest BCUT2D eigenvalue weighted by molar-refractivity contribution is -0.123. The van der Waals surface area contributed by atoms with Gasteiger partial charge >= 0.3 is 0 Å². The molecule has 2 amide bonds. The predicted molar refractivity (Wildman–Crippen MR) is 199 cm³/mol. The summed E-state index contributed by atoms with van der Waals surface area (Å²) in [5.74, 6) is 1.45. The first-order chi connectivity index (χ1) is 25.0. The number of amides is 2. The second kappa shape index (κ2) is 16.6. The van der Waals surface area contributed by atoms with E-state index in [1.165, 1.54) is 5.56 Å². The molecule has 1 aliphatic carbocycles. The molecule has 272 valence electrons. The molecule has 3 aromatic rings. The minimum atomic E-state index is -0.216. The van der Waals surface area contributed by atoms with Crippen LogP contribution in [-0.4, -0.2) is 100 Å². The van der Waals surface area contributed by atoms with Gasteiger partial charge in [-0.25, -0.2) is 0 Å². The van der Waals surface area contributed by atoms with Crippen LogP contribution < -0.4 is 24.6 Å². The van der Waals surface area contributed by atoms with Crippen molar-refractivity contribution in [3.63, 3.8) is 0 Å². The van der Waals surface area contributed by atoms with Gasteiger partial charge in [-0.2, -0.15) is 0 Å². The number of methoxy groups -OCH3 is 1. The first kappa shape index (κ1) is 35.4. The number of benzene rings is 3. The molecule has 1 saturated carbocycles. The van der Waals surface area contributed by atoms with Gasteiger partial charge in [-0.15, -0.1) is 0 Å². The molecule has 3 aliphatic heterocycles. The number of aliphatic hydroxyl groups excluding tert-OH is 1. The molecule has 7 rings (SSSR count). The number of fused-ring (bicyclic) bond motifs is 1. The Morgan fingerprint density at radius 1 is 0.941 bits per heavy atom. The number of aliphatic hydroxyl groups is 1. The number of piperidine rings is 2. The number of carbonyl (C=O) groups is 2. The molecule has 51 heavy (non-hydrogen) atoms. The first-order valence-corrected chi connectivity index (χ1v) is 18.8. The summed E-state index contributed by atoms with van der Waals surface area (Å²) in [5.41, 5.74) is 4.97. The predicted octanol–water partition coefficient (Wildman–Crippen LogP) is 5.23. The maximum absolute atomic E-state index is 14.6. The van der Waals surface area contributed by atoms with Crippen LogP contribution in [0.15, 0.2) is 66.7 Å². The van der Waals surface area contributed by atoms with Crippen LogP contribution in [-0.2, 0) is 14.3 Å². The monoisotopic (exact) mass is 696 g/mol. The lowest BCUT2D eigenvalue weighted by Crippen LogP contribution is -2.47. The Kier molecular flexibility index (Phi) is 11.5. The normalized spacial score (nSPS) is 21.2. The number of hydrogen-bond acceptors (Lipinski definition) is 8. The highest BCUT2D eigenvalue weighted by Crippen LogP contribution is 2.42. The Balaban J connectivity index is 1.03. The molecule has 2 atom stereocenters. The van der Waals surface area contributed by atoms with E-state index in [0.717, 1.165) is 99.4 Å². The number of ether oxygens (including phenoxy) is 3. The minimum Gasteiger partial charge on any atom is -0.494 e. The van der Waals surface area contributed by atoms with Gasteiger partial charge in [-0.1, -0.05) is 36.4 Å². The number of hydrogen-bond donors (Lipinski definition) is 2. The SMILES string of the molecule is COCCCN1C(=O)COc2ccc(N(C(=O)[C@H]3CNCC[C@@H]3c3cccc(-c4ccc(OCCCN5CCC(O)CC5)cc4)c3)C3CC3)cc21. The van der Waals surface area contributed by atoms with Crippen molar-refractivity contribution >= 4 is 23.2 Å². The summed E-state index contributed by atoms with van der Waals surface area (Å²) in [6, 6.07) is 23.0. The van der Waals surface area contributed by atoms with E-state index in [2.05, 4.69) is 46.6 Å². The maximum atomic E-state index is 14.6. The third kappa shape index (κ3) is 8.58. The summed E-state index contributed by atoms with van der Waals surface area (Å²) < 4.78 is 17.1. The lowest BCUT2D eigenvalue weighted by Gasteiger charge is -2.36. The highest BCUT2D eigenvalue weighted by Gasteiger charge is 2.41. The quantitative estimate of drug-likeness (QED) is 0.221. The molecule has 4 aliphatic rings. The van der Waals surface area contributed by atoms with E-state index in [-0.39, 0.29) is 42.4 Å². The number of anilines is 2. The topological polar surface area (TPSA) is 104 Å². The van der Waals surface area contributed by atoms with Crippen molar-refractivity contribution in [2.45, 2.75) is 63.0 Å². The van der Waals surface area contributed by atoms with Crippen molar-refractivity contribution in [2.75, 3.05) is 76.0 Å². The largest absolute Gasteiger partial charge is 0.494 e. The van der Waals surface area contributed by atoms with Crippen LogP contribution in [0, 0.1) is 5.92 Å². The Hall–Kier alpha value is -3.96. The molecule has 0 aromatic heterocycles. The lowest BCUT2D eigenvalue weighted by atomic mass is 9.79. The van der Waals surface area contributed by atoms with Crippen LogP contribution in [0.4, 0.5) is 11.4 Å². The van der Waals surface area contributed by atoms with Gasteiger partial charge < -0.3 is 39.3 Å². The van der Waals surface area contributed by atoms with Crippen LogP contribution in [0.5, 0.6) is 11.5 Å². The molecule has 3 fully saturated rings. The maximum Gasteiger partial charge on any atom is 0.265 e.